The van der Waals surface area contributed by atoms with Crippen LogP contribution in [0.15, 0.2) is 23.3 Å². The third kappa shape index (κ3) is 3.94. The van der Waals surface area contributed by atoms with E-state index in [1.165, 1.54) is 24.1 Å². The van der Waals surface area contributed by atoms with Crippen molar-refractivity contribution in [2.45, 2.75) is 50.5 Å². The molecule has 0 bridgehead atoms. The van der Waals surface area contributed by atoms with E-state index in [4.69, 9.17) is 9.47 Å². The predicted octanol–water partition coefficient (Wildman–Crippen LogP) is 2.59. The molecule has 2 aromatic heterocycles. The van der Waals surface area contributed by atoms with Gasteiger partial charge in [0.25, 0.3) is 0 Å². The van der Waals surface area contributed by atoms with Gasteiger partial charge in [-0.3, -0.25) is 13.9 Å². The summed E-state index contributed by atoms with van der Waals surface area (Å²) in [5.41, 5.74) is 5.03. The quantitative estimate of drug-likeness (QED) is 0.702. The van der Waals surface area contributed by atoms with Crippen LogP contribution in [0.1, 0.15) is 43.7 Å². The van der Waals surface area contributed by atoms with Crippen molar-refractivity contribution in [2.75, 3.05) is 34.0 Å². The zero-order valence-electron chi connectivity index (χ0n) is 18.8. The molecule has 182 valence electrons. The first-order valence-corrected chi connectivity index (χ1v) is 11.4. The van der Waals surface area contributed by atoms with Crippen LogP contribution in [0.5, 0.6) is 5.75 Å². The second-order valence-corrected chi connectivity index (χ2v) is 9.69. The van der Waals surface area contributed by atoms with Crippen molar-refractivity contribution in [2.24, 2.45) is 11.3 Å². The van der Waals surface area contributed by atoms with E-state index in [0.717, 1.165) is 49.2 Å². The summed E-state index contributed by atoms with van der Waals surface area (Å²) >= 11 is 0. The number of imidazole rings is 1. The fourth-order valence-electron chi connectivity index (χ4n) is 5.74. The van der Waals surface area contributed by atoms with Crippen molar-refractivity contribution in [3.8, 4) is 5.75 Å². The molecule has 1 saturated carbocycles. The molecule has 2 N–H and O–H groups in total. The van der Waals surface area contributed by atoms with E-state index in [1.54, 1.807) is 0 Å². The summed E-state index contributed by atoms with van der Waals surface area (Å²) < 4.78 is 54.4. The van der Waals surface area contributed by atoms with Gasteiger partial charge in [-0.15, -0.1) is 0 Å². The lowest BCUT2D eigenvalue weighted by Gasteiger charge is -2.51. The van der Waals surface area contributed by atoms with Gasteiger partial charge in [0.2, 0.25) is 0 Å². The van der Waals surface area contributed by atoms with Gasteiger partial charge in [0.05, 0.1) is 50.4 Å². The number of hydrogen-bond acceptors (Lipinski definition) is 6. The normalized spacial score (nSPS) is 28.2. The van der Waals surface area contributed by atoms with E-state index in [1.807, 2.05) is 0 Å². The number of pyridine rings is 1. The molecule has 8 nitrogen and oxygen atoms in total. The Balaban J connectivity index is 1.45. The molecule has 3 unspecified atom stereocenters. The molecule has 11 heteroatoms. The summed E-state index contributed by atoms with van der Waals surface area (Å²) in [6.45, 7) is 2.13. The number of hydrazine groups is 1. The molecule has 2 aromatic rings. The first kappa shape index (κ1) is 22.7. The summed E-state index contributed by atoms with van der Waals surface area (Å²) in [6, 6.07) is 0.802. The average Bonchev–Trinajstić information content (AvgIpc) is 3.32. The lowest BCUT2D eigenvalue weighted by atomic mass is 9.64. The third-order valence-corrected chi connectivity index (χ3v) is 7.72. The summed E-state index contributed by atoms with van der Waals surface area (Å²) in [6.07, 6.45) is 2.73. The maximum Gasteiger partial charge on any atom is 0.418 e. The van der Waals surface area contributed by atoms with E-state index in [0.29, 0.717) is 19.1 Å². The smallest absolute Gasteiger partial charge is 0.418 e. The monoisotopic (exact) mass is 469 g/mol. The summed E-state index contributed by atoms with van der Waals surface area (Å²) in [5, 5.41) is 0. The highest BCUT2D eigenvalue weighted by Gasteiger charge is 2.49. The Labute approximate surface area is 189 Å². The lowest BCUT2D eigenvalue weighted by Crippen LogP contribution is -2.54. The van der Waals surface area contributed by atoms with Crippen LogP contribution in [0.4, 0.5) is 13.2 Å². The topological polar surface area (TPSA) is 72.2 Å². The van der Waals surface area contributed by atoms with E-state index >= 15 is 0 Å². The molecule has 3 fully saturated rings. The first-order chi connectivity index (χ1) is 15.7. The van der Waals surface area contributed by atoms with Crippen LogP contribution < -0.4 is 21.3 Å². The average molecular weight is 470 g/mol. The van der Waals surface area contributed by atoms with Crippen molar-refractivity contribution < 1.29 is 22.6 Å². The largest absolute Gasteiger partial charge is 0.495 e. The van der Waals surface area contributed by atoms with Crippen molar-refractivity contribution in [3.63, 3.8) is 0 Å². The SMILES string of the molecule is COc1cc(C(F)(F)F)c2cn(C3CCCC(C4(CC5NNCN5C)COC4)C3)c(=O)n2c1. The Kier molecular flexibility index (Phi) is 5.71. The Morgan fingerprint density at radius 2 is 2.06 bits per heavy atom. The number of nitrogens with one attached hydrogen (secondary N) is 2. The zero-order valence-corrected chi connectivity index (χ0v) is 18.8. The van der Waals surface area contributed by atoms with Gasteiger partial charge in [-0.1, -0.05) is 6.42 Å². The number of halogens is 3. The van der Waals surface area contributed by atoms with Crippen molar-refractivity contribution in [1.82, 2.24) is 24.7 Å². The second kappa shape index (κ2) is 8.30. The minimum absolute atomic E-state index is 0.00329. The molecule has 0 amide bonds. The third-order valence-electron chi connectivity index (χ3n) is 7.72. The van der Waals surface area contributed by atoms with E-state index in [2.05, 4.69) is 22.8 Å². The van der Waals surface area contributed by atoms with Crippen LogP contribution in [-0.4, -0.2) is 54.1 Å². The molecular weight excluding hydrogens is 439 g/mol. The Morgan fingerprint density at radius 1 is 1.27 bits per heavy atom. The van der Waals surface area contributed by atoms with Crippen LogP contribution in [-0.2, 0) is 10.9 Å². The molecule has 4 heterocycles. The van der Waals surface area contributed by atoms with Gasteiger partial charge in [0.15, 0.2) is 0 Å². The first-order valence-electron chi connectivity index (χ1n) is 11.4. The molecule has 33 heavy (non-hydrogen) atoms. The molecule has 2 aliphatic heterocycles. The molecule has 3 atom stereocenters. The maximum absolute atomic E-state index is 13.7. The second-order valence-electron chi connectivity index (χ2n) is 9.69. The number of fused-ring (bicyclic) bond motifs is 1. The molecule has 0 spiro atoms. The standard InChI is InChI=1S/C22H30F3N5O3/c1-28-13-26-27-19(28)8-21(11-33-12-21)14-4-3-5-15(6-14)29-10-18-17(22(23,24)25)7-16(32-2)9-30(18)20(29)31/h7,9-10,14-15,19,26-27H,3-6,8,11-13H2,1-2H3. The van der Waals surface area contributed by atoms with Crippen LogP contribution in [0.3, 0.4) is 0 Å². The highest BCUT2D eigenvalue weighted by atomic mass is 19.4. The van der Waals surface area contributed by atoms with Gasteiger partial charge in [-0.2, -0.15) is 13.2 Å². The van der Waals surface area contributed by atoms with Crippen LogP contribution >= 0.6 is 0 Å². The van der Waals surface area contributed by atoms with Crippen molar-refractivity contribution in [3.05, 3.63) is 34.5 Å². The van der Waals surface area contributed by atoms with Crippen LogP contribution in [0, 0.1) is 11.3 Å². The van der Waals surface area contributed by atoms with Gasteiger partial charge < -0.3 is 9.47 Å². The number of nitrogens with zero attached hydrogens (tertiary/aromatic N) is 3. The van der Waals surface area contributed by atoms with Crippen molar-refractivity contribution >= 4 is 5.52 Å². The summed E-state index contributed by atoms with van der Waals surface area (Å²) in [4.78, 5) is 15.4. The van der Waals surface area contributed by atoms with Gasteiger partial charge >= 0.3 is 11.9 Å². The minimum Gasteiger partial charge on any atom is -0.495 e. The molecular formula is C22H30F3N5O3. The Hall–Kier alpha value is -2.08. The molecule has 1 aliphatic carbocycles. The van der Waals surface area contributed by atoms with Gasteiger partial charge in [-0.25, -0.2) is 15.6 Å². The Morgan fingerprint density at radius 3 is 2.67 bits per heavy atom. The van der Waals surface area contributed by atoms with Gasteiger partial charge in [0.1, 0.15) is 5.75 Å². The van der Waals surface area contributed by atoms with E-state index in [-0.39, 0.29) is 28.9 Å². The number of rotatable bonds is 5. The van der Waals surface area contributed by atoms with Crippen LogP contribution in [0.2, 0.25) is 0 Å². The van der Waals surface area contributed by atoms with Crippen molar-refractivity contribution in [1.29, 1.82) is 0 Å². The van der Waals surface area contributed by atoms with E-state index < -0.39 is 17.4 Å². The number of alkyl halides is 3. The molecule has 5 rings (SSSR count). The predicted molar refractivity (Wildman–Crippen MR) is 115 cm³/mol. The lowest BCUT2D eigenvalue weighted by molar-refractivity contribution is -0.167. The number of hydrogen-bond donors (Lipinski definition) is 2. The van der Waals surface area contributed by atoms with Gasteiger partial charge in [0, 0.05) is 17.7 Å². The molecule has 3 aliphatic rings. The summed E-state index contributed by atoms with van der Waals surface area (Å²) in [5.74, 6) is 0.343. The molecule has 0 aromatic carbocycles. The minimum atomic E-state index is -4.59. The highest BCUT2D eigenvalue weighted by Crippen LogP contribution is 2.49. The fraction of sp³-hybridized carbons (Fsp3) is 0.682. The zero-order chi connectivity index (χ0) is 23.4. The number of aromatic nitrogens is 2. The van der Waals surface area contributed by atoms with Crippen LogP contribution in [0.25, 0.3) is 5.52 Å². The summed E-state index contributed by atoms with van der Waals surface area (Å²) in [7, 11) is 3.36. The van der Waals surface area contributed by atoms with Gasteiger partial charge in [-0.05, 0) is 44.7 Å². The number of methoxy groups -OCH3 is 1. The maximum atomic E-state index is 13.7. The molecule has 0 radical (unpaired) electrons. The highest BCUT2D eigenvalue weighted by molar-refractivity contribution is 5.57. The van der Waals surface area contributed by atoms with E-state index in [9.17, 15) is 18.0 Å². The Bertz CT molecular complexity index is 1080. The molecule has 2 saturated heterocycles. The number of ether oxygens (including phenoxy) is 2. The fourth-order valence-corrected chi connectivity index (χ4v) is 5.74.